The lowest BCUT2D eigenvalue weighted by Crippen LogP contribution is -2.54. The molecule has 1 saturated heterocycles. The Hall–Kier alpha value is -0.460. The van der Waals surface area contributed by atoms with Gasteiger partial charge in [0.15, 0.2) is 0 Å². The fraction of sp³-hybridized carbons (Fsp3) is 0.913. The van der Waals surface area contributed by atoms with Crippen molar-refractivity contribution in [3.8, 4) is 0 Å². The molecule has 0 aromatic rings. The molecule has 0 aliphatic carbocycles. The number of aliphatic hydroxyl groups is 3. The fourth-order valence-electron chi connectivity index (χ4n) is 3.55. The highest BCUT2D eigenvalue weighted by Crippen LogP contribution is 2.16. The van der Waals surface area contributed by atoms with Gasteiger partial charge in [-0.05, 0) is 25.7 Å². The van der Waals surface area contributed by atoms with E-state index in [0.717, 1.165) is 12.8 Å². The molecule has 1 rings (SSSR count). The Bertz CT molecular complexity index is 374. The maximum atomic E-state index is 9.83. The van der Waals surface area contributed by atoms with E-state index in [-0.39, 0.29) is 13.2 Å². The van der Waals surface area contributed by atoms with Crippen LogP contribution in [0.3, 0.4) is 0 Å². The molecule has 0 spiro atoms. The lowest BCUT2D eigenvalue weighted by Gasteiger charge is -2.35. The van der Waals surface area contributed by atoms with E-state index < -0.39 is 24.4 Å². The van der Waals surface area contributed by atoms with Crippen molar-refractivity contribution in [2.75, 3.05) is 19.8 Å². The Kier molecular flexibility index (Phi) is 15.9. The Morgan fingerprint density at radius 3 is 1.96 bits per heavy atom. The van der Waals surface area contributed by atoms with Gasteiger partial charge in [-0.1, -0.05) is 76.9 Å². The standard InChI is InChI=1S/C23H44O5/c1-2-3-4-5-6-7-8-9-10-11-12-13-14-15-16-17-27-19-21-23(26)22(25)20(24)18-28-21/h3-4,20-26H,2,5-19H2,1H3/b4-3+/t20-,21+,22+,23+/m0/s1. The zero-order valence-electron chi connectivity index (χ0n) is 17.9. The first-order chi connectivity index (χ1) is 13.7. The summed E-state index contributed by atoms with van der Waals surface area (Å²) in [6.07, 6.45) is 17.5. The van der Waals surface area contributed by atoms with E-state index >= 15 is 0 Å². The molecule has 4 atom stereocenters. The first-order valence-electron chi connectivity index (χ1n) is 11.5. The summed E-state index contributed by atoms with van der Waals surface area (Å²) < 4.78 is 10.9. The Balaban J connectivity index is 1.78. The van der Waals surface area contributed by atoms with Crippen molar-refractivity contribution in [2.45, 2.75) is 115 Å². The first-order valence-corrected chi connectivity index (χ1v) is 11.5. The zero-order chi connectivity index (χ0) is 20.5. The van der Waals surface area contributed by atoms with Crippen molar-refractivity contribution in [1.29, 1.82) is 0 Å². The number of rotatable bonds is 17. The average Bonchev–Trinajstić information content (AvgIpc) is 2.70. The minimum atomic E-state index is -1.15. The van der Waals surface area contributed by atoms with Crippen LogP contribution < -0.4 is 0 Å². The molecule has 0 aromatic carbocycles. The van der Waals surface area contributed by atoms with Crippen molar-refractivity contribution in [1.82, 2.24) is 0 Å². The molecule has 166 valence electrons. The van der Waals surface area contributed by atoms with E-state index in [2.05, 4.69) is 19.1 Å². The monoisotopic (exact) mass is 400 g/mol. The van der Waals surface area contributed by atoms with Gasteiger partial charge in [0.2, 0.25) is 0 Å². The summed E-state index contributed by atoms with van der Waals surface area (Å²) in [6, 6.07) is 0. The van der Waals surface area contributed by atoms with E-state index in [0.29, 0.717) is 6.61 Å². The van der Waals surface area contributed by atoms with E-state index in [4.69, 9.17) is 9.47 Å². The van der Waals surface area contributed by atoms with Gasteiger partial charge < -0.3 is 24.8 Å². The molecule has 5 heteroatoms. The van der Waals surface area contributed by atoms with Crippen molar-refractivity contribution >= 4 is 0 Å². The van der Waals surface area contributed by atoms with Crippen LogP contribution in [0.1, 0.15) is 90.4 Å². The van der Waals surface area contributed by atoms with Gasteiger partial charge in [-0.2, -0.15) is 0 Å². The second kappa shape index (κ2) is 17.4. The molecule has 1 heterocycles. The molecule has 0 aromatic heterocycles. The minimum Gasteiger partial charge on any atom is -0.388 e. The number of ether oxygens (including phenoxy) is 2. The van der Waals surface area contributed by atoms with Crippen LogP contribution in [0.2, 0.25) is 0 Å². The molecule has 0 bridgehead atoms. The molecule has 5 nitrogen and oxygen atoms in total. The zero-order valence-corrected chi connectivity index (χ0v) is 17.9. The molecule has 0 unspecified atom stereocenters. The third-order valence-electron chi connectivity index (χ3n) is 5.45. The van der Waals surface area contributed by atoms with Gasteiger partial charge in [0.05, 0.1) is 13.2 Å². The van der Waals surface area contributed by atoms with Gasteiger partial charge >= 0.3 is 0 Å². The van der Waals surface area contributed by atoms with Crippen LogP contribution in [0.5, 0.6) is 0 Å². The molecule has 28 heavy (non-hydrogen) atoms. The van der Waals surface area contributed by atoms with Crippen LogP contribution >= 0.6 is 0 Å². The summed E-state index contributed by atoms with van der Waals surface area (Å²) in [4.78, 5) is 0. The van der Waals surface area contributed by atoms with Gasteiger partial charge in [-0.25, -0.2) is 0 Å². The second-order valence-corrected chi connectivity index (χ2v) is 8.05. The molecule has 1 aliphatic rings. The molecule has 0 saturated carbocycles. The van der Waals surface area contributed by atoms with Gasteiger partial charge in [-0.3, -0.25) is 0 Å². The highest BCUT2D eigenvalue weighted by Gasteiger charge is 2.37. The number of hydrogen-bond acceptors (Lipinski definition) is 5. The van der Waals surface area contributed by atoms with Crippen LogP contribution in [-0.4, -0.2) is 59.6 Å². The lowest BCUT2D eigenvalue weighted by molar-refractivity contribution is -0.199. The SMILES string of the molecule is CC/C=C/CCCCCCCCCCCCCOC[C@H]1OC[C@H](O)[C@@H](O)[C@@H]1O. The minimum absolute atomic E-state index is 0.0442. The van der Waals surface area contributed by atoms with Gasteiger partial charge in [0, 0.05) is 6.61 Å². The number of allylic oxidation sites excluding steroid dienone is 2. The van der Waals surface area contributed by atoms with E-state index in [9.17, 15) is 15.3 Å². The summed E-state index contributed by atoms with van der Waals surface area (Å²) in [6.45, 7) is 3.14. The number of hydrogen-bond donors (Lipinski definition) is 3. The van der Waals surface area contributed by atoms with Crippen molar-refractivity contribution in [3.63, 3.8) is 0 Å². The summed E-state index contributed by atoms with van der Waals surface area (Å²) in [5.74, 6) is 0. The lowest BCUT2D eigenvalue weighted by atomic mass is 10.0. The van der Waals surface area contributed by atoms with Gasteiger partial charge in [-0.15, -0.1) is 0 Å². The largest absolute Gasteiger partial charge is 0.388 e. The second-order valence-electron chi connectivity index (χ2n) is 8.05. The Morgan fingerprint density at radius 2 is 1.36 bits per heavy atom. The topological polar surface area (TPSA) is 79.2 Å². The van der Waals surface area contributed by atoms with Crippen LogP contribution in [0, 0.1) is 0 Å². The van der Waals surface area contributed by atoms with Crippen molar-refractivity contribution in [2.24, 2.45) is 0 Å². The molecular weight excluding hydrogens is 356 g/mol. The quantitative estimate of drug-likeness (QED) is 0.253. The smallest absolute Gasteiger partial charge is 0.111 e. The van der Waals surface area contributed by atoms with Crippen molar-refractivity contribution < 1.29 is 24.8 Å². The fourth-order valence-corrected chi connectivity index (χ4v) is 3.55. The third kappa shape index (κ3) is 12.2. The predicted octanol–water partition coefficient (Wildman–Crippen LogP) is 4.13. The molecule has 0 radical (unpaired) electrons. The van der Waals surface area contributed by atoms with Crippen LogP contribution in [0.25, 0.3) is 0 Å². The Morgan fingerprint density at radius 1 is 0.786 bits per heavy atom. The van der Waals surface area contributed by atoms with Crippen LogP contribution in [-0.2, 0) is 9.47 Å². The van der Waals surface area contributed by atoms with Crippen molar-refractivity contribution in [3.05, 3.63) is 12.2 Å². The molecule has 3 N–H and O–H groups in total. The third-order valence-corrected chi connectivity index (χ3v) is 5.45. The molecule has 0 amide bonds. The average molecular weight is 401 g/mol. The molecule has 1 aliphatic heterocycles. The van der Waals surface area contributed by atoms with Gasteiger partial charge in [0.25, 0.3) is 0 Å². The van der Waals surface area contributed by atoms with Crippen LogP contribution in [0.15, 0.2) is 12.2 Å². The molecule has 1 fully saturated rings. The van der Waals surface area contributed by atoms with E-state index in [1.165, 1.54) is 70.6 Å². The molecular formula is C23H44O5. The normalized spacial score (nSPS) is 25.6. The number of aliphatic hydroxyl groups excluding tert-OH is 3. The van der Waals surface area contributed by atoms with Crippen LogP contribution in [0.4, 0.5) is 0 Å². The first kappa shape index (κ1) is 25.6. The van der Waals surface area contributed by atoms with E-state index in [1.807, 2.05) is 0 Å². The summed E-state index contributed by atoms with van der Waals surface area (Å²) in [5, 5.41) is 28.9. The summed E-state index contributed by atoms with van der Waals surface area (Å²) in [7, 11) is 0. The highest BCUT2D eigenvalue weighted by atomic mass is 16.6. The Labute approximate surface area is 172 Å². The van der Waals surface area contributed by atoms with Gasteiger partial charge in [0.1, 0.15) is 24.4 Å². The maximum Gasteiger partial charge on any atom is 0.111 e. The highest BCUT2D eigenvalue weighted by molar-refractivity contribution is 4.86. The number of unbranched alkanes of at least 4 members (excludes halogenated alkanes) is 11. The maximum absolute atomic E-state index is 9.83. The summed E-state index contributed by atoms with van der Waals surface area (Å²) in [5.41, 5.74) is 0. The summed E-state index contributed by atoms with van der Waals surface area (Å²) >= 11 is 0. The van der Waals surface area contributed by atoms with E-state index in [1.54, 1.807) is 0 Å². The predicted molar refractivity (Wildman–Crippen MR) is 113 cm³/mol.